The van der Waals surface area contributed by atoms with Gasteiger partial charge in [0.1, 0.15) is 0 Å². The molecule has 0 bridgehead atoms. The average Bonchev–Trinajstić information content (AvgIpc) is 3.09. The largest absolute Gasteiger partial charge is 0.478 e. The molecule has 1 unspecified atom stereocenters. The van der Waals surface area contributed by atoms with Gasteiger partial charge in [0.2, 0.25) is 0 Å². The second kappa shape index (κ2) is 7.18. The molecule has 3 aromatic rings. The van der Waals surface area contributed by atoms with E-state index in [2.05, 4.69) is 46.7 Å². The molecule has 3 N–H and O–H groups in total. The zero-order valence-electron chi connectivity index (χ0n) is 14.5. The Balaban J connectivity index is 1.44. The van der Waals surface area contributed by atoms with E-state index in [-0.39, 0.29) is 0 Å². The summed E-state index contributed by atoms with van der Waals surface area (Å²) >= 11 is 0. The fourth-order valence-corrected chi connectivity index (χ4v) is 3.72. The van der Waals surface area contributed by atoms with Crippen molar-refractivity contribution >= 4 is 22.4 Å². The van der Waals surface area contributed by atoms with Crippen LogP contribution in [0.25, 0.3) is 16.5 Å². The third-order valence-electron chi connectivity index (χ3n) is 5.14. The number of carboxylic acids is 1. The average molecular weight is 346 g/mol. The highest BCUT2D eigenvalue weighted by molar-refractivity contribution is 5.94. The van der Waals surface area contributed by atoms with Gasteiger partial charge < -0.3 is 15.4 Å². The maximum absolute atomic E-state index is 11.1. The SMILES string of the molecule is O=C(O)c1ccc2c(CCC3CC(c4ccccc4)=CCN3)c[nH]c2c1. The molecule has 1 aromatic heterocycles. The Bertz CT molecular complexity index is 957. The lowest BCUT2D eigenvalue weighted by molar-refractivity contribution is 0.0697. The fourth-order valence-electron chi connectivity index (χ4n) is 3.72. The summed E-state index contributed by atoms with van der Waals surface area (Å²) in [5.74, 6) is -0.894. The van der Waals surface area contributed by atoms with E-state index in [4.69, 9.17) is 5.11 Å². The molecule has 2 aromatic carbocycles. The van der Waals surface area contributed by atoms with Gasteiger partial charge in [-0.1, -0.05) is 42.5 Å². The Labute approximate surface area is 152 Å². The highest BCUT2D eigenvalue weighted by atomic mass is 16.4. The first-order valence-corrected chi connectivity index (χ1v) is 9.02. The summed E-state index contributed by atoms with van der Waals surface area (Å²) in [4.78, 5) is 14.3. The maximum atomic E-state index is 11.1. The van der Waals surface area contributed by atoms with Crippen LogP contribution in [0, 0.1) is 0 Å². The first kappa shape index (κ1) is 16.6. The number of aromatic nitrogens is 1. The summed E-state index contributed by atoms with van der Waals surface area (Å²) in [6.07, 6.45) is 7.34. The van der Waals surface area contributed by atoms with Crippen LogP contribution in [0.5, 0.6) is 0 Å². The molecule has 132 valence electrons. The lowest BCUT2D eigenvalue weighted by Crippen LogP contribution is -2.33. The molecule has 0 spiro atoms. The van der Waals surface area contributed by atoms with E-state index < -0.39 is 5.97 Å². The summed E-state index contributed by atoms with van der Waals surface area (Å²) in [6, 6.07) is 16.3. The molecule has 0 radical (unpaired) electrons. The summed E-state index contributed by atoms with van der Waals surface area (Å²) in [5.41, 5.74) is 5.18. The first-order valence-electron chi connectivity index (χ1n) is 9.02. The van der Waals surface area contributed by atoms with Crippen molar-refractivity contribution in [3.8, 4) is 0 Å². The van der Waals surface area contributed by atoms with Gasteiger partial charge >= 0.3 is 5.97 Å². The minimum Gasteiger partial charge on any atom is -0.478 e. The first-order chi connectivity index (χ1) is 12.7. The smallest absolute Gasteiger partial charge is 0.335 e. The quantitative estimate of drug-likeness (QED) is 0.647. The van der Waals surface area contributed by atoms with Crippen LogP contribution in [-0.2, 0) is 6.42 Å². The summed E-state index contributed by atoms with van der Waals surface area (Å²) in [6.45, 7) is 0.907. The third kappa shape index (κ3) is 3.41. The molecule has 4 nitrogen and oxygen atoms in total. The zero-order chi connectivity index (χ0) is 17.9. The predicted molar refractivity (Wildman–Crippen MR) is 104 cm³/mol. The van der Waals surface area contributed by atoms with Gasteiger partial charge in [0.05, 0.1) is 5.56 Å². The van der Waals surface area contributed by atoms with Crippen molar-refractivity contribution in [2.24, 2.45) is 0 Å². The molecule has 0 amide bonds. The molecule has 26 heavy (non-hydrogen) atoms. The van der Waals surface area contributed by atoms with Crippen LogP contribution in [-0.4, -0.2) is 28.6 Å². The number of carbonyl (C=O) groups is 1. The lowest BCUT2D eigenvalue weighted by atomic mass is 9.92. The van der Waals surface area contributed by atoms with Gasteiger partial charge in [0, 0.05) is 29.7 Å². The second-order valence-electron chi connectivity index (χ2n) is 6.82. The van der Waals surface area contributed by atoms with Crippen LogP contribution in [0.1, 0.15) is 34.3 Å². The molecular formula is C22H22N2O2. The van der Waals surface area contributed by atoms with Gasteiger partial charge in [-0.05, 0) is 48.1 Å². The highest BCUT2D eigenvalue weighted by Crippen LogP contribution is 2.26. The minimum absolute atomic E-state index is 0.317. The lowest BCUT2D eigenvalue weighted by Gasteiger charge is -2.24. The molecule has 4 heteroatoms. The van der Waals surface area contributed by atoms with Gasteiger partial charge in [-0.2, -0.15) is 0 Å². The number of benzene rings is 2. The van der Waals surface area contributed by atoms with Gasteiger partial charge in [0.25, 0.3) is 0 Å². The predicted octanol–water partition coefficient (Wildman–Crippen LogP) is 4.24. The number of carboxylic acid groups (broad SMARTS) is 1. The normalized spacial score (nSPS) is 17.2. The number of hydrogen-bond acceptors (Lipinski definition) is 2. The number of H-pyrrole nitrogens is 1. The number of hydrogen-bond donors (Lipinski definition) is 3. The molecule has 1 aliphatic heterocycles. The van der Waals surface area contributed by atoms with Crippen LogP contribution in [0.15, 0.2) is 60.8 Å². The number of aromatic carboxylic acids is 1. The topological polar surface area (TPSA) is 65.1 Å². The third-order valence-corrected chi connectivity index (χ3v) is 5.14. The van der Waals surface area contributed by atoms with Crippen LogP contribution in [0.2, 0.25) is 0 Å². The molecule has 0 aliphatic carbocycles. The van der Waals surface area contributed by atoms with E-state index in [9.17, 15) is 4.79 Å². The Morgan fingerprint density at radius 1 is 1.15 bits per heavy atom. The van der Waals surface area contributed by atoms with Crippen molar-refractivity contribution in [2.75, 3.05) is 6.54 Å². The van der Waals surface area contributed by atoms with E-state index in [1.54, 1.807) is 12.1 Å². The van der Waals surface area contributed by atoms with E-state index in [1.807, 2.05) is 12.3 Å². The molecule has 1 atom stereocenters. The number of aromatic amines is 1. The van der Waals surface area contributed by atoms with Crippen LogP contribution in [0.4, 0.5) is 0 Å². The Morgan fingerprint density at radius 2 is 2.00 bits per heavy atom. The van der Waals surface area contributed by atoms with E-state index in [0.717, 1.165) is 36.7 Å². The van der Waals surface area contributed by atoms with Crippen LogP contribution in [0.3, 0.4) is 0 Å². The molecule has 4 rings (SSSR count). The minimum atomic E-state index is -0.894. The molecule has 1 aliphatic rings. The standard InChI is InChI=1S/C22H22N2O2/c25-22(26)17-7-9-20-18(14-24-21(20)13-17)6-8-19-12-16(10-11-23-19)15-4-2-1-3-5-15/h1-5,7,9-10,13-14,19,23-24H,6,8,11-12H2,(H,25,26). The Morgan fingerprint density at radius 3 is 2.81 bits per heavy atom. The van der Waals surface area contributed by atoms with Crippen LogP contribution < -0.4 is 5.32 Å². The second-order valence-corrected chi connectivity index (χ2v) is 6.82. The molecule has 0 saturated carbocycles. The number of rotatable bonds is 5. The molecule has 2 heterocycles. The van der Waals surface area contributed by atoms with Gasteiger partial charge in [-0.15, -0.1) is 0 Å². The Hall–Kier alpha value is -2.85. The highest BCUT2D eigenvalue weighted by Gasteiger charge is 2.17. The van der Waals surface area contributed by atoms with Crippen molar-refractivity contribution in [2.45, 2.75) is 25.3 Å². The fraction of sp³-hybridized carbons (Fsp3) is 0.227. The van der Waals surface area contributed by atoms with Gasteiger partial charge in [-0.3, -0.25) is 0 Å². The monoisotopic (exact) mass is 346 g/mol. The summed E-state index contributed by atoms with van der Waals surface area (Å²) < 4.78 is 0. The van der Waals surface area contributed by atoms with Crippen molar-refractivity contribution < 1.29 is 9.90 Å². The van der Waals surface area contributed by atoms with Crippen LogP contribution >= 0.6 is 0 Å². The molecule has 0 fully saturated rings. The van der Waals surface area contributed by atoms with Crippen molar-refractivity contribution in [1.29, 1.82) is 0 Å². The van der Waals surface area contributed by atoms with Crippen molar-refractivity contribution in [1.82, 2.24) is 10.3 Å². The Kier molecular flexibility index (Phi) is 4.59. The molecular weight excluding hydrogens is 324 g/mol. The van der Waals surface area contributed by atoms with Crippen molar-refractivity contribution in [3.63, 3.8) is 0 Å². The van der Waals surface area contributed by atoms with E-state index in [1.165, 1.54) is 16.7 Å². The zero-order valence-corrected chi connectivity index (χ0v) is 14.5. The number of fused-ring (bicyclic) bond motifs is 1. The number of nitrogens with one attached hydrogen (secondary N) is 2. The summed E-state index contributed by atoms with van der Waals surface area (Å²) in [7, 11) is 0. The van der Waals surface area contributed by atoms with Gasteiger partial charge in [0.15, 0.2) is 0 Å². The molecule has 0 saturated heterocycles. The van der Waals surface area contributed by atoms with Crippen molar-refractivity contribution in [3.05, 3.63) is 77.5 Å². The van der Waals surface area contributed by atoms with Gasteiger partial charge in [-0.25, -0.2) is 4.79 Å². The maximum Gasteiger partial charge on any atom is 0.335 e. The summed E-state index contributed by atoms with van der Waals surface area (Å²) in [5, 5.41) is 13.8. The van der Waals surface area contributed by atoms with E-state index >= 15 is 0 Å². The van der Waals surface area contributed by atoms with E-state index in [0.29, 0.717) is 11.6 Å². The number of aryl methyl sites for hydroxylation is 1.